The maximum atomic E-state index is 11.7. The molecule has 2 aliphatic rings. The number of hydrogen-bond donors (Lipinski definition) is 0. The first-order valence-corrected chi connectivity index (χ1v) is 13.1. The number of hydrogen-bond acceptors (Lipinski definition) is 3. The number of ether oxygens (including phenoxy) is 1. The Labute approximate surface area is 155 Å². The fraction of sp³-hybridized carbons (Fsp3) is 0.857. The van der Waals surface area contributed by atoms with Gasteiger partial charge in [-0.25, -0.2) is 0 Å². The molecule has 1 heterocycles. The summed E-state index contributed by atoms with van der Waals surface area (Å²) in [6.07, 6.45) is 12.7. The Balaban J connectivity index is 2.02. The SMILES string of the molecule is CCCCCCC=C[C@@H]1[C@H]2CC(=O)O[C@H]2C[C@H]1O[Si](C)(C)C(C)(C)C. The number of rotatable bonds is 8. The first-order valence-electron chi connectivity index (χ1n) is 10.2. The summed E-state index contributed by atoms with van der Waals surface area (Å²) < 4.78 is 12.3. The van der Waals surface area contributed by atoms with Gasteiger partial charge < -0.3 is 9.16 Å². The average molecular weight is 367 g/mol. The first-order chi connectivity index (χ1) is 11.7. The third-order valence-corrected chi connectivity index (χ3v) is 10.9. The van der Waals surface area contributed by atoms with Crippen LogP contribution in [0.5, 0.6) is 0 Å². The van der Waals surface area contributed by atoms with E-state index in [2.05, 4.69) is 52.9 Å². The van der Waals surface area contributed by atoms with E-state index in [0.29, 0.717) is 18.3 Å². The van der Waals surface area contributed by atoms with Gasteiger partial charge in [0.1, 0.15) is 6.10 Å². The number of unbranched alkanes of at least 4 members (excludes halogenated alkanes) is 4. The maximum Gasteiger partial charge on any atom is 0.306 e. The van der Waals surface area contributed by atoms with Gasteiger partial charge >= 0.3 is 5.97 Å². The molecule has 1 saturated heterocycles. The standard InChI is InChI=1S/C21H38O3Si/c1-7-8-9-10-11-12-13-16-17-14-20(22)23-18(17)15-19(16)24-25(5,6)21(2,3)4/h12-13,16-19H,7-11,14-15H2,1-6H3/t16-,17-,18+,19-/m1/s1. The summed E-state index contributed by atoms with van der Waals surface area (Å²) in [6, 6.07) is 0. The summed E-state index contributed by atoms with van der Waals surface area (Å²) in [5, 5.41) is 0.204. The van der Waals surface area contributed by atoms with Crippen LogP contribution in [-0.4, -0.2) is 26.5 Å². The summed E-state index contributed by atoms with van der Waals surface area (Å²) in [4.78, 5) is 11.7. The minimum Gasteiger partial charge on any atom is -0.462 e. The van der Waals surface area contributed by atoms with Crippen LogP contribution in [0.2, 0.25) is 18.1 Å². The molecule has 0 amide bonds. The van der Waals surface area contributed by atoms with Crippen LogP contribution in [0.25, 0.3) is 0 Å². The molecule has 0 spiro atoms. The number of carbonyl (C=O) groups is 1. The molecular formula is C21H38O3Si. The van der Waals surface area contributed by atoms with Gasteiger partial charge in [0.15, 0.2) is 8.32 Å². The van der Waals surface area contributed by atoms with Crippen LogP contribution in [0.1, 0.15) is 72.6 Å². The van der Waals surface area contributed by atoms with E-state index in [4.69, 9.17) is 9.16 Å². The fourth-order valence-electron chi connectivity index (χ4n) is 3.79. The third-order valence-electron chi connectivity index (χ3n) is 6.39. The molecule has 0 aromatic rings. The van der Waals surface area contributed by atoms with Crippen LogP contribution >= 0.6 is 0 Å². The second-order valence-electron chi connectivity index (χ2n) is 9.40. The molecule has 4 heteroatoms. The van der Waals surface area contributed by atoms with Crippen molar-refractivity contribution in [3.05, 3.63) is 12.2 Å². The zero-order chi connectivity index (χ0) is 18.7. The summed E-state index contributed by atoms with van der Waals surface area (Å²) in [6.45, 7) is 13.7. The van der Waals surface area contributed by atoms with Crippen LogP contribution in [0.15, 0.2) is 12.2 Å². The molecule has 2 fully saturated rings. The van der Waals surface area contributed by atoms with Gasteiger partial charge in [-0.05, 0) is 31.0 Å². The number of carbonyl (C=O) groups excluding carboxylic acids is 1. The molecule has 144 valence electrons. The smallest absolute Gasteiger partial charge is 0.306 e. The van der Waals surface area contributed by atoms with Crippen LogP contribution in [0, 0.1) is 11.8 Å². The predicted octanol–water partition coefficient (Wildman–Crippen LogP) is 5.86. The Morgan fingerprint density at radius 3 is 2.60 bits per heavy atom. The van der Waals surface area contributed by atoms with E-state index in [9.17, 15) is 4.79 Å². The highest BCUT2D eigenvalue weighted by molar-refractivity contribution is 6.74. The zero-order valence-electron chi connectivity index (χ0n) is 17.1. The summed E-state index contributed by atoms with van der Waals surface area (Å²) >= 11 is 0. The van der Waals surface area contributed by atoms with Gasteiger partial charge in [0.2, 0.25) is 0 Å². The molecule has 0 N–H and O–H groups in total. The third kappa shape index (κ3) is 5.19. The highest BCUT2D eigenvalue weighted by Gasteiger charge is 2.52. The van der Waals surface area contributed by atoms with Crippen molar-refractivity contribution >= 4 is 14.3 Å². The molecule has 0 bridgehead atoms. The topological polar surface area (TPSA) is 35.5 Å². The molecule has 3 nitrogen and oxygen atoms in total. The minimum absolute atomic E-state index is 0.0258. The molecule has 1 aliphatic carbocycles. The van der Waals surface area contributed by atoms with Gasteiger partial charge in [0, 0.05) is 18.3 Å². The quantitative estimate of drug-likeness (QED) is 0.234. The maximum absolute atomic E-state index is 11.7. The summed E-state index contributed by atoms with van der Waals surface area (Å²) in [5.41, 5.74) is 0. The minimum atomic E-state index is -1.82. The van der Waals surface area contributed by atoms with Crippen LogP contribution < -0.4 is 0 Å². The predicted molar refractivity (Wildman–Crippen MR) is 106 cm³/mol. The number of allylic oxidation sites excluding steroid dienone is 1. The molecule has 0 aromatic carbocycles. The lowest BCUT2D eigenvalue weighted by Gasteiger charge is -2.39. The van der Waals surface area contributed by atoms with E-state index < -0.39 is 8.32 Å². The Bertz CT molecular complexity index is 478. The monoisotopic (exact) mass is 366 g/mol. The lowest BCUT2D eigenvalue weighted by molar-refractivity contribution is -0.141. The lowest BCUT2D eigenvalue weighted by atomic mass is 9.91. The molecule has 0 radical (unpaired) electrons. The van der Waals surface area contributed by atoms with E-state index >= 15 is 0 Å². The second kappa shape index (κ2) is 8.39. The number of fused-ring (bicyclic) bond motifs is 1. The molecule has 0 aromatic heterocycles. The van der Waals surface area contributed by atoms with Crippen LogP contribution in [-0.2, 0) is 14.0 Å². The van der Waals surface area contributed by atoms with Gasteiger partial charge in [0.25, 0.3) is 0 Å². The van der Waals surface area contributed by atoms with Crippen molar-refractivity contribution in [2.24, 2.45) is 11.8 Å². The van der Waals surface area contributed by atoms with Crippen molar-refractivity contribution in [1.29, 1.82) is 0 Å². The molecular weight excluding hydrogens is 328 g/mol. The molecule has 2 rings (SSSR count). The van der Waals surface area contributed by atoms with Crippen LogP contribution in [0.3, 0.4) is 0 Å². The molecule has 25 heavy (non-hydrogen) atoms. The van der Waals surface area contributed by atoms with E-state index in [1.165, 1.54) is 25.7 Å². The van der Waals surface area contributed by atoms with E-state index in [1.807, 2.05) is 0 Å². The summed E-state index contributed by atoms with van der Waals surface area (Å²) in [7, 11) is -1.82. The van der Waals surface area contributed by atoms with Crippen molar-refractivity contribution in [3.8, 4) is 0 Å². The second-order valence-corrected chi connectivity index (χ2v) is 14.2. The van der Waals surface area contributed by atoms with E-state index in [0.717, 1.165) is 12.8 Å². The van der Waals surface area contributed by atoms with Gasteiger partial charge in [-0.15, -0.1) is 0 Å². The van der Waals surface area contributed by atoms with Crippen molar-refractivity contribution in [3.63, 3.8) is 0 Å². The van der Waals surface area contributed by atoms with Crippen LogP contribution in [0.4, 0.5) is 0 Å². The van der Waals surface area contributed by atoms with Gasteiger partial charge in [-0.1, -0.05) is 59.1 Å². The van der Waals surface area contributed by atoms with Crippen molar-refractivity contribution < 1.29 is 14.0 Å². The van der Waals surface area contributed by atoms with Crippen molar-refractivity contribution in [1.82, 2.24) is 0 Å². The Kier molecular flexibility index (Phi) is 6.94. The molecule has 0 unspecified atom stereocenters. The first kappa shape index (κ1) is 20.7. The zero-order valence-corrected chi connectivity index (χ0v) is 18.1. The van der Waals surface area contributed by atoms with Gasteiger partial charge in [-0.2, -0.15) is 0 Å². The number of esters is 1. The van der Waals surface area contributed by atoms with Gasteiger partial charge in [-0.3, -0.25) is 4.79 Å². The molecule has 1 saturated carbocycles. The fourth-order valence-corrected chi connectivity index (χ4v) is 5.15. The summed E-state index contributed by atoms with van der Waals surface area (Å²) in [5.74, 6) is 0.619. The van der Waals surface area contributed by atoms with Gasteiger partial charge in [0.05, 0.1) is 12.5 Å². The van der Waals surface area contributed by atoms with E-state index in [1.54, 1.807) is 0 Å². The van der Waals surface area contributed by atoms with Crippen molar-refractivity contribution in [2.75, 3.05) is 0 Å². The highest BCUT2D eigenvalue weighted by Crippen LogP contribution is 2.47. The normalized spacial score (nSPS) is 30.1. The lowest BCUT2D eigenvalue weighted by Crippen LogP contribution is -2.45. The van der Waals surface area contributed by atoms with E-state index in [-0.39, 0.29) is 23.2 Å². The van der Waals surface area contributed by atoms with Crippen molar-refractivity contribution in [2.45, 2.75) is 103 Å². The average Bonchev–Trinajstić information content (AvgIpc) is 2.98. The Hall–Kier alpha value is -0.613. The molecule has 4 atom stereocenters. The molecule has 1 aliphatic heterocycles. The highest BCUT2D eigenvalue weighted by atomic mass is 28.4. The Morgan fingerprint density at radius 2 is 1.96 bits per heavy atom. The largest absolute Gasteiger partial charge is 0.462 e. The Morgan fingerprint density at radius 1 is 1.24 bits per heavy atom.